The van der Waals surface area contributed by atoms with E-state index in [4.69, 9.17) is 4.74 Å². The number of carbonyl (C=O) groups excluding carboxylic acids is 1. The minimum atomic E-state index is -1.78. The van der Waals surface area contributed by atoms with Crippen LogP contribution in [0, 0.1) is 0 Å². The maximum atomic E-state index is 12.8. The molecule has 1 fully saturated rings. The lowest BCUT2D eigenvalue weighted by Gasteiger charge is -2.28. The molecule has 3 rings (SSSR count). The molecule has 2 aromatic carbocycles. The third-order valence-electron chi connectivity index (χ3n) is 4.57. The highest BCUT2D eigenvalue weighted by Crippen LogP contribution is 2.30. The average molecular weight is 394 g/mol. The zero-order valence-corrected chi connectivity index (χ0v) is 16.1. The first-order valence-corrected chi connectivity index (χ1v) is 9.78. The first kappa shape index (κ1) is 20.8. The van der Waals surface area contributed by atoms with E-state index >= 15 is 0 Å². The van der Waals surface area contributed by atoms with E-state index in [1.807, 2.05) is 48.2 Å². The van der Waals surface area contributed by atoms with Crippen molar-refractivity contribution in [2.45, 2.75) is 5.60 Å². The minimum Gasteiger partial charge on any atom is -1.00 e. The topological polar surface area (TPSA) is 51.0 Å². The minimum absolute atomic E-state index is 0. The van der Waals surface area contributed by atoms with Crippen LogP contribution in [0.15, 0.2) is 60.7 Å². The molecule has 0 saturated carbocycles. The summed E-state index contributed by atoms with van der Waals surface area (Å²) < 4.78 is 5.50. The van der Waals surface area contributed by atoms with Crippen molar-refractivity contribution in [1.82, 2.24) is 0 Å². The predicted octanol–water partition coefficient (Wildman–Crippen LogP) is -1.90. The fourth-order valence-electron chi connectivity index (χ4n) is 3.06. The molecule has 0 bridgehead atoms. The maximum absolute atomic E-state index is 12.8. The molecule has 1 saturated heterocycles. The lowest BCUT2D eigenvalue weighted by atomic mass is 9.86. The summed E-state index contributed by atoms with van der Waals surface area (Å²) in [6.45, 7) is 3.31. The number of rotatable bonds is 6. The summed E-state index contributed by atoms with van der Waals surface area (Å²) in [7, 11) is 0. The highest BCUT2D eigenvalue weighted by molar-refractivity contribution is 7.99. The number of hydrogen-bond donors (Lipinski definition) is 2. The Morgan fingerprint density at radius 3 is 2.00 bits per heavy atom. The summed E-state index contributed by atoms with van der Waals surface area (Å²) >= 11 is 1.97. The van der Waals surface area contributed by atoms with Crippen LogP contribution in [0.3, 0.4) is 0 Å². The molecule has 0 amide bonds. The van der Waals surface area contributed by atoms with Crippen LogP contribution in [0.1, 0.15) is 11.1 Å². The van der Waals surface area contributed by atoms with E-state index in [0.29, 0.717) is 17.7 Å². The molecule has 0 atom stereocenters. The molecule has 1 aliphatic rings. The Morgan fingerprint density at radius 1 is 1.00 bits per heavy atom. The number of thioether (sulfide) groups is 1. The number of ether oxygens (including phenoxy) is 1. The number of aliphatic hydroxyl groups is 1. The number of esters is 1. The summed E-state index contributed by atoms with van der Waals surface area (Å²) in [4.78, 5) is 14.3. The summed E-state index contributed by atoms with van der Waals surface area (Å²) in [5, 5.41) is 11.3. The number of nitrogens with one attached hydrogen (secondary N) is 1. The van der Waals surface area contributed by atoms with E-state index in [1.54, 1.807) is 24.3 Å². The number of quaternary nitrogens is 1. The second-order valence-electron chi connectivity index (χ2n) is 6.19. The Kier molecular flexibility index (Phi) is 7.97. The number of halogens is 1. The summed E-state index contributed by atoms with van der Waals surface area (Å²) in [6, 6.07) is 18.0. The van der Waals surface area contributed by atoms with Gasteiger partial charge in [0.05, 0.1) is 13.1 Å². The maximum Gasteiger partial charge on any atom is 0.347 e. The third-order valence-corrected chi connectivity index (χ3v) is 5.55. The molecule has 0 unspecified atom stereocenters. The molecule has 26 heavy (non-hydrogen) atoms. The van der Waals surface area contributed by atoms with Crippen molar-refractivity contribution in [3.8, 4) is 0 Å². The fourth-order valence-corrected chi connectivity index (χ4v) is 4.13. The van der Waals surface area contributed by atoms with Crippen molar-refractivity contribution in [1.29, 1.82) is 0 Å². The number of hydrogen-bond acceptors (Lipinski definition) is 4. The van der Waals surface area contributed by atoms with Gasteiger partial charge >= 0.3 is 5.97 Å². The lowest BCUT2D eigenvalue weighted by molar-refractivity contribution is -0.896. The number of carbonyl (C=O) groups is 1. The Morgan fingerprint density at radius 2 is 1.50 bits per heavy atom. The van der Waals surface area contributed by atoms with E-state index in [1.165, 1.54) is 4.90 Å². The van der Waals surface area contributed by atoms with Gasteiger partial charge in [0.1, 0.15) is 13.2 Å². The Balaban J connectivity index is 0.00000243. The van der Waals surface area contributed by atoms with Gasteiger partial charge in [0.2, 0.25) is 5.60 Å². The highest BCUT2D eigenvalue weighted by Gasteiger charge is 2.41. The first-order chi connectivity index (χ1) is 12.2. The highest BCUT2D eigenvalue weighted by atomic mass is 35.5. The van der Waals surface area contributed by atoms with E-state index in [2.05, 4.69) is 0 Å². The van der Waals surface area contributed by atoms with Gasteiger partial charge < -0.3 is 27.2 Å². The van der Waals surface area contributed by atoms with Gasteiger partial charge in [0.15, 0.2) is 0 Å². The van der Waals surface area contributed by atoms with Crippen LogP contribution in [0.2, 0.25) is 0 Å². The summed E-state index contributed by atoms with van der Waals surface area (Å²) in [6.07, 6.45) is 0. The average Bonchev–Trinajstić information content (AvgIpc) is 2.69. The SMILES string of the molecule is O=C(OCC[NH+]1CCSCC1)C(O)(c1ccccc1)c1ccccc1.[Cl-]. The van der Waals surface area contributed by atoms with E-state index in [9.17, 15) is 9.90 Å². The van der Waals surface area contributed by atoms with Crippen LogP contribution < -0.4 is 17.3 Å². The van der Waals surface area contributed by atoms with Gasteiger partial charge in [-0.1, -0.05) is 60.7 Å². The Labute approximate surface area is 165 Å². The van der Waals surface area contributed by atoms with Crippen LogP contribution in [-0.4, -0.2) is 48.8 Å². The summed E-state index contributed by atoms with van der Waals surface area (Å²) in [5.41, 5.74) is -0.740. The van der Waals surface area contributed by atoms with E-state index in [0.717, 1.165) is 31.1 Å². The van der Waals surface area contributed by atoms with Crippen LogP contribution in [0.25, 0.3) is 0 Å². The molecular formula is C20H24ClNO3S. The Hall–Kier alpha value is -1.53. The van der Waals surface area contributed by atoms with Crippen LogP contribution in [0.5, 0.6) is 0 Å². The monoisotopic (exact) mass is 393 g/mol. The molecule has 0 aliphatic carbocycles. The van der Waals surface area contributed by atoms with Crippen LogP contribution >= 0.6 is 11.8 Å². The van der Waals surface area contributed by atoms with Crippen molar-refractivity contribution in [3.63, 3.8) is 0 Å². The van der Waals surface area contributed by atoms with Crippen molar-refractivity contribution in [2.24, 2.45) is 0 Å². The van der Waals surface area contributed by atoms with Gasteiger partial charge in [0.25, 0.3) is 0 Å². The first-order valence-electron chi connectivity index (χ1n) is 8.63. The van der Waals surface area contributed by atoms with Crippen molar-refractivity contribution < 1.29 is 31.9 Å². The zero-order valence-electron chi connectivity index (χ0n) is 14.6. The second kappa shape index (κ2) is 9.97. The largest absolute Gasteiger partial charge is 1.00 e. The Bertz CT molecular complexity index is 638. The molecule has 0 aromatic heterocycles. The van der Waals surface area contributed by atoms with Crippen molar-refractivity contribution >= 4 is 17.7 Å². The van der Waals surface area contributed by atoms with Crippen molar-refractivity contribution in [3.05, 3.63) is 71.8 Å². The van der Waals surface area contributed by atoms with Crippen molar-refractivity contribution in [2.75, 3.05) is 37.7 Å². The smallest absolute Gasteiger partial charge is 0.347 e. The lowest BCUT2D eigenvalue weighted by Crippen LogP contribution is -3.14. The quantitative estimate of drug-likeness (QED) is 0.563. The standard InChI is InChI=1S/C20H23NO3S.ClH/c22-19(24-14-11-21-12-15-25-16-13-21)20(23,17-7-3-1-4-8-17)18-9-5-2-6-10-18;/h1-10,23H,11-16H2;1H. The fraction of sp³-hybridized carbons (Fsp3) is 0.350. The number of benzene rings is 2. The van der Waals surface area contributed by atoms with Crippen LogP contribution in [-0.2, 0) is 15.1 Å². The third kappa shape index (κ3) is 4.80. The molecule has 4 nitrogen and oxygen atoms in total. The molecular weight excluding hydrogens is 370 g/mol. The molecule has 1 heterocycles. The molecule has 2 N–H and O–H groups in total. The second-order valence-corrected chi connectivity index (χ2v) is 7.42. The molecule has 1 aliphatic heterocycles. The van der Waals surface area contributed by atoms with Gasteiger partial charge in [-0.15, -0.1) is 0 Å². The predicted molar refractivity (Wildman–Crippen MR) is 99.7 cm³/mol. The van der Waals surface area contributed by atoms with E-state index < -0.39 is 11.6 Å². The zero-order chi connectivity index (χ0) is 17.5. The van der Waals surface area contributed by atoms with Gasteiger partial charge in [-0.25, -0.2) is 4.79 Å². The summed E-state index contributed by atoms with van der Waals surface area (Å²) in [5.74, 6) is 1.69. The molecule has 0 spiro atoms. The molecule has 0 radical (unpaired) electrons. The molecule has 6 heteroatoms. The molecule has 140 valence electrons. The van der Waals surface area contributed by atoms with E-state index in [-0.39, 0.29) is 12.4 Å². The van der Waals surface area contributed by atoms with Gasteiger partial charge in [-0.05, 0) is 11.1 Å². The van der Waals surface area contributed by atoms with Crippen LogP contribution in [0.4, 0.5) is 0 Å². The molecule has 2 aromatic rings. The van der Waals surface area contributed by atoms with Gasteiger partial charge in [-0.2, -0.15) is 11.8 Å². The normalized spacial score (nSPS) is 15.1. The van der Waals surface area contributed by atoms with Gasteiger partial charge in [-0.3, -0.25) is 0 Å². The van der Waals surface area contributed by atoms with Gasteiger partial charge in [0, 0.05) is 11.5 Å².